The zero-order valence-corrected chi connectivity index (χ0v) is 24.0. The second kappa shape index (κ2) is 10.7. The van der Waals surface area contributed by atoms with Crippen molar-refractivity contribution in [2.75, 3.05) is 9.80 Å². The van der Waals surface area contributed by atoms with E-state index >= 15 is 4.79 Å². The van der Waals surface area contributed by atoms with Gasteiger partial charge in [0.1, 0.15) is 0 Å². The molecule has 3 heteroatoms. The largest absolute Gasteiger partial charge is 0.338 e. The van der Waals surface area contributed by atoms with E-state index in [2.05, 4.69) is 97.1 Å². The van der Waals surface area contributed by atoms with Crippen LogP contribution >= 0.6 is 0 Å². The standard InChI is InChI=1S/C41H28N2O/c44-41(42(37-21-17-29-9-1-5-13-33(29)25-37)38-22-18-30-10-2-6-14-34(30)26-38)43(39-23-19-31-11-3-7-15-35(31)27-39)40-24-20-32-12-4-8-16-36(32)28-40/h1-28H. The molecule has 0 saturated carbocycles. The molecule has 8 aromatic carbocycles. The van der Waals surface area contributed by atoms with Gasteiger partial charge in [0.2, 0.25) is 0 Å². The van der Waals surface area contributed by atoms with Crippen LogP contribution in [0.5, 0.6) is 0 Å². The Morgan fingerprint density at radius 2 is 0.523 bits per heavy atom. The van der Waals surface area contributed by atoms with E-state index < -0.39 is 0 Å². The maximum absolute atomic E-state index is 15.2. The highest BCUT2D eigenvalue weighted by atomic mass is 16.2. The van der Waals surface area contributed by atoms with Gasteiger partial charge in [0, 0.05) is 0 Å². The summed E-state index contributed by atoms with van der Waals surface area (Å²) in [6.07, 6.45) is 0. The van der Waals surface area contributed by atoms with Gasteiger partial charge in [-0.15, -0.1) is 0 Å². The van der Waals surface area contributed by atoms with Crippen LogP contribution < -0.4 is 9.80 Å². The predicted octanol–water partition coefficient (Wildman–Crippen LogP) is 11.4. The van der Waals surface area contributed by atoms with Gasteiger partial charge in [-0.1, -0.05) is 121 Å². The van der Waals surface area contributed by atoms with Crippen molar-refractivity contribution in [2.24, 2.45) is 0 Å². The summed E-state index contributed by atoms with van der Waals surface area (Å²) in [6.45, 7) is 0. The third kappa shape index (κ3) is 4.61. The minimum Gasteiger partial charge on any atom is -0.262 e. The van der Waals surface area contributed by atoms with Crippen molar-refractivity contribution < 1.29 is 4.79 Å². The van der Waals surface area contributed by atoms with Crippen molar-refractivity contribution in [3.8, 4) is 0 Å². The molecule has 0 heterocycles. The van der Waals surface area contributed by atoms with Crippen molar-refractivity contribution in [2.45, 2.75) is 0 Å². The van der Waals surface area contributed by atoms with Crippen LogP contribution in [0.25, 0.3) is 43.1 Å². The minimum absolute atomic E-state index is 0.166. The first-order chi connectivity index (χ1) is 21.7. The van der Waals surface area contributed by atoms with Crippen LogP contribution in [0.3, 0.4) is 0 Å². The Bertz CT molecular complexity index is 2020. The first-order valence-corrected chi connectivity index (χ1v) is 14.8. The number of anilines is 4. The van der Waals surface area contributed by atoms with Crippen LogP contribution in [0.2, 0.25) is 0 Å². The summed E-state index contributed by atoms with van der Waals surface area (Å²) in [6, 6.07) is 57.7. The van der Waals surface area contributed by atoms with Crippen LogP contribution in [0.15, 0.2) is 170 Å². The molecule has 0 N–H and O–H groups in total. The molecule has 0 radical (unpaired) electrons. The summed E-state index contributed by atoms with van der Waals surface area (Å²) in [5.41, 5.74) is 3.21. The number of benzene rings is 8. The molecule has 0 spiro atoms. The maximum Gasteiger partial charge on any atom is 0.338 e. The number of carbonyl (C=O) groups is 1. The number of fused-ring (bicyclic) bond motifs is 4. The van der Waals surface area contributed by atoms with Gasteiger partial charge < -0.3 is 0 Å². The first-order valence-electron chi connectivity index (χ1n) is 14.8. The van der Waals surface area contributed by atoms with Gasteiger partial charge in [0.05, 0.1) is 22.7 Å². The average Bonchev–Trinajstić information content (AvgIpc) is 3.08. The lowest BCUT2D eigenvalue weighted by molar-refractivity contribution is 0.255. The van der Waals surface area contributed by atoms with Gasteiger partial charge in [-0.2, -0.15) is 0 Å². The molecule has 2 amide bonds. The maximum atomic E-state index is 15.2. The Labute approximate surface area is 255 Å². The van der Waals surface area contributed by atoms with E-state index in [9.17, 15) is 0 Å². The number of carbonyl (C=O) groups excluding carboxylic acids is 1. The van der Waals surface area contributed by atoms with Crippen molar-refractivity contribution in [3.05, 3.63) is 170 Å². The SMILES string of the molecule is O=C(N(c1ccc2ccccc2c1)c1ccc2ccccc2c1)N(c1ccc2ccccc2c1)c1ccc2ccccc2c1. The molecular formula is C41H28N2O. The Hall–Kier alpha value is -5.93. The lowest BCUT2D eigenvalue weighted by atomic mass is 10.1. The summed E-state index contributed by atoms with van der Waals surface area (Å²) < 4.78 is 0. The van der Waals surface area contributed by atoms with Crippen LogP contribution in [0, 0.1) is 0 Å². The monoisotopic (exact) mass is 564 g/mol. The molecule has 0 saturated heterocycles. The normalized spacial score (nSPS) is 11.3. The Kier molecular flexibility index (Phi) is 6.28. The summed E-state index contributed by atoms with van der Waals surface area (Å²) in [7, 11) is 0. The fraction of sp³-hybridized carbons (Fsp3) is 0. The lowest BCUT2D eigenvalue weighted by Crippen LogP contribution is -2.38. The minimum atomic E-state index is -0.166. The smallest absolute Gasteiger partial charge is 0.262 e. The lowest BCUT2D eigenvalue weighted by Gasteiger charge is -2.32. The molecule has 0 aromatic heterocycles. The fourth-order valence-electron chi connectivity index (χ4n) is 6.10. The highest BCUT2D eigenvalue weighted by molar-refractivity contribution is 6.15. The fourth-order valence-corrected chi connectivity index (χ4v) is 6.10. The molecule has 0 aliphatic carbocycles. The molecule has 0 aliphatic rings. The van der Waals surface area contributed by atoms with Crippen LogP contribution in [-0.4, -0.2) is 6.03 Å². The Morgan fingerprint density at radius 3 is 0.773 bits per heavy atom. The van der Waals surface area contributed by atoms with E-state index in [0.29, 0.717) is 0 Å². The van der Waals surface area contributed by atoms with Gasteiger partial charge >= 0.3 is 6.03 Å². The van der Waals surface area contributed by atoms with Crippen molar-refractivity contribution in [3.63, 3.8) is 0 Å². The van der Waals surface area contributed by atoms with Gasteiger partial charge in [0.15, 0.2) is 0 Å². The quantitative estimate of drug-likeness (QED) is 0.209. The topological polar surface area (TPSA) is 23.6 Å². The van der Waals surface area contributed by atoms with E-state index in [4.69, 9.17) is 0 Å². The number of hydrogen-bond donors (Lipinski definition) is 0. The summed E-state index contributed by atoms with van der Waals surface area (Å²) in [5.74, 6) is 0. The molecule has 0 fully saturated rings. The number of rotatable bonds is 4. The molecule has 0 atom stereocenters. The zero-order chi connectivity index (χ0) is 29.5. The molecule has 44 heavy (non-hydrogen) atoms. The Morgan fingerprint density at radius 1 is 0.295 bits per heavy atom. The van der Waals surface area contributed by atoms with Gasteiger partial charge in [-0.25, -0.2) is 4.79 Å². The van der Waals surface area contributed by atoms with Gasteiger partial charge in [-0.05, 0) is 91.6 Å². The second-order valence-corrected chi connectivity index (χ2v) is 11.1. The third-order valence-electron chi connectivity index (χ3n) is 8.35. The van der Waals surface area contributed by atoms with E-state index in [1.807, 2.05) is 82.6 Å². The molecule has 8 rings (SSSR count). The van der Waals surface area contributed by atoms with Crippen LogP contribution in [0.4, 0.5) is 27.5 Å². The molecule has 3 nitrogen and oxygen atoms in total. The van der Waals surface area contributed by atoms with Crippen molar-refractivity contribution >= 4 is 71.9 Å². The third-order valence-corrected chi connectivity index (χ3v) is 8.35. The summed E-state index contributed by atoms with van der Waals surface area (Å²) >= 11 is 0. The zero-order valence-electron chi connectivity index (χ0n) is 24.0. The van der Waals surface area contributed by atoms with Gasteiger partial charge in [0.25, 0.3) is 0 Å². The van der Waals surface area contributed by atoms with E-state index in [0.717, 1.165) is 65.8 Å². The first kappa shape index (κ1) is 25.8. The summed E-state index contributed by atoms with van der Waals surface area (Å²) in [4.78, 5) is 18.9. The van der Waals surface area contributed by atoms with Crippen molar-refractivity contribution in [1.29, 1.82) is 0 Å². The molecule has 208 valence electrons. The van der Waals surface area contributed by atoms with Crippen molar-refractivity contribution in [1.82, 2.24) is 0 Å². The van der Waals surface area contributed by atoms with E-state index in [1.54, 1.807) is 0 Å². The van der Waals surface area contributed by atoms with Crippen LogP contribution in [0.1, 0.15) is 0 Å². The van der Waals surface area contributed by atoms with Gasteiger partial charge in [-0.3, -0.25) is 9.80 Å². The molecular weight excluding hydrogens is 536 g/mol. The number of urea groups is 1. The van der Waals surface area contributed by atoms with E-state index in [-0.39, 0.29) is 6.03 Å². The number of nitrogens with zero attached hydrogens (tertiary/aromatic N) is 2. The highest BCUT2D eigenvalue weighted by Gasteiger charge is 2.28. The molecule has 8 aromatic rings. The molecule has 0 bridgehead atoms. The molecule has 0 unspecified atom stereocenters. The number of amides is 2. The predicted molar refractivity (Wildman–Crippen MR) is 185 cm³/mol. The van der Waals surface area contributed by atoms with Crippen LogP contribution in [-0.2, 0) is 0 Å². The van der Waals surface area contributed by atoms with E-state index in [1.165, 1.54) is 0 Å². The highest BCUT2D eigenvalue weighted by Crippen LogP contribution is 2.37. The molecule has 0 aliphatic heterocycles. The summed E-state index contributed by atoms with van der Waals surface area (Å²) in [5, 5.41) is 8.81. The second-order valence-electron chi connectivity index (χ2n) is 11.1. The average molecular weight is 565 g/mol. The number of hydrogen-bond acceptors (Lipinski definition) is 1. The Balaban J connectivity index is 1.36.